The van der Waals surface area contributed by atoms with Crippen LogP contribution in [0.5, 0.6) is 0 Å². The van der Waals surface area contributed by atoms with Gasteiger partial charge in [-0.15, -0.1) is 0 Å². The van der Waals surface area contributed by atoms with Gasteiger partial charge in [0.15, 0.2) is 0 Å². The minimum Gasteiger partial charge on any atom is -0.326 e. The third-order valence-corrected chi connectivity index (χ3v) is 7.59. The van der Waals surface area contributed by atoms with Gasteiger partial charge in [-0.05, 0) is 103 Å². The molecule has 4 aromatic carbocycles. The third-order valence-electron chi connectivity index (χ3n) is 7.59. The van der Waals surface area contributed by atoms with E-state index in [1.54, 1.807) is 4.68 Å². The highest BCUT2D eigenvalue weighted by molar-refractivity contribution is 6.03. The lowest BCUT2D eigenvalue weighted by Gasteiger charge is -2.21. The van der Waals surface area contributed by atoms with Crippen LogP contribution in [0.15, 0.2) is 91.0 Å². The minimum atomic E-state index is -0.209. The fourth-order valence-electron chi connectivity index (χ4n) is 5.26. The molecule has 1 saturated carbocycles. The maximum atomic E-state index is 13.5. The molecule has 5 aromatic rings. The number of amides is 1. The summed E-state index contributed by atoms with van der Waals surface area (Å²) in [5.41, 5.74) is 13.2. The Bertz CT molecular complexity index is 1680. The average molecular weight is 530 g/mol. The largest absolute Gasteiger partial charge is 0.326 e. The minimum absolute atomic E-state index is 0.0231. The van der Waals surface area contributed by atoms with E-state index in [4.69, 9.17) is 5.73 Å². The molecule has 1 unspecified atom stereocenters. The molecule has 1 aliphatic carbocycles. The van der Waals surface area contributed by atoms with Crippen molar-refractivity contribution < 1.29 is 4.79 Å². The number of aromatic nitrogens is 2. The van der Waals surface area contributed by atoms with Gasteiger partial charge in [0.1, 0.15) is 5.69 Å². The number of hydrogen-bond donors (Lipinski definition) is 3. The highest BCUT2D eigenvalue weighted by Gasteiger charge is 2.24. The van der Waals surface area contributed by atoms with Crippen LogP contribution in [-0.4, -0.2) is 22.2 Å². The quantitative estimate of drug-likeness (QED) is 0.205. The van der Waals surface area contributed by atoms with E-state index in [0.29, 0.717) is 12.2 Å². The van der Waals surface area contributed by atoms with Crippen molar-refractivity contribution >= 4 is 22.4 Å². The van der Waals surface area contributed by atoms with Gasteiger partial charge in [0.25, 0.3) is 5.91 Å². The van der Waals surface area contributed by atoms with Crippen molar-refractivity contribution in [1.82, 2.24) is 15.1 Å². The average Bonchev–Trinajstić information content (AvgIpc) is 3.71. The molecule has 1 heterocycles. The molecule has 0 radical (unpaired) electrons. The fraction of sp³-hybridized carbons (Fsp3) is 0.235. The first-order valence-corrected chi connectivity index (χ1v) is 14.0. The van der Waals surface area contributed by atoms with Crippen LogP contribution < -0.4 is 16.4 Å². The molecule has 0 aliphatic heterocycles. The summed E-state index contributed by atoms with van der Waals surface area (Å²) in [6.07, 6.45) is 2.57. The van der Waals surface area contributed by atoms with Gasteiger partial charge in [-0.2, -0.15) is 5.10 Å². The zero-order valence-electron chi connectivity index (χ0n) is 23.0. The molecule has 1 amide bonds. The highest BCUT2D eigenvalue weighted by atomic mass is 16.2. The Morgan fingerprint density at radius 1 is 0.925 bits per heavy atom. The molecule has 4 N–H and O–H groups in total. The summed E-state index contributed by atoms with van der Waals surface area (Å²) in [6.45, 7) is 5.42. The number of benzene rings is 4. The van der Waals surface area contributed by atoms with Crippen molar-refractivity contribution in [1.29, 1.82) is 0 Å². The maximum absolute atomic E-state index is 13.5. The topological polar surface area (TPSA) is 85.0 Å². The Morgan fingerprint density at radius 3 is 2.52 bits per heavy atom. The number of carbonyl (C=O) groups excluding carboxylic acids is 1. The first kappa shape index (κ1) is 26.0. The zero-order chi connectivity index (χ0) is 27.6. The second-order valence-electron chi connectivity index (χ2n) is 10.9. The summed E-state index contributed by atoms with van der Waals surface area (Å²) < 4.78 is 1.68. The predicted molar refractivity (Wildman–Crippen MR) is 162 cm³/mol. The van der Waals surface area contributed by atoms with Crippen LogP contribution in [0.25, 0.3) is 16.5 Å². The van der Waals surface area contributed by atoms with Crippen molar-refractivity contribution in [3.05, 3.63) is 125 Å². The van der Waals surface area contributed by atoms with Gasteiger partial charge in [0.2, 0.25) is 0 Å². The monoisotopic (exact) mass is 529 g/mol. The lowest BCUT2D eigenvalue weighted by atomic mass is 9.95. The second-order valence-corrected chi connectivity index (χ2v) is 10.9. The Kier molecular flexibility index (Phi) is 7.20. The molecule has 1 aromatic heterocycles. The molecule has 202 valence electrons. The molecule has 1 fully saturated rings. The normalized spacial score (nSPS) is 13.9. The molecule has 0 bridgehead atoms. The standard InChI is InChI=1S/C34H35N5O/c1-22-9-12-27-18-29(14-13-26(27)15-22)33(36-21-24-10-11-24)28-6-4-7-30(19-28)37-34(40)32-16-23(2)38-39(32)31-8-3-5-25(17-31)20-35/h3-9,12-19,24,33,36H,10-11,20-21,35H2,1-2H3,(H,37,40). The SMILES string of the molecule is Cc1ccc2cc(C(NCC3CC3)c3cccc(NC(=O)c4cc(C)nn4-c4cccc(CN)c4)c3)ccc2c1. The first-order valence-electron chi connectivity index (χ1n) is 14.0. The molecular formula is C34H35N5O. The van der Waals surface area contributed by atoms with E-state index in [2.05, 4.69) is 71.2 Å². The van der Waals surface area contributed by atoms with Gasteiger partial charge in [0.05, 0.1) is 17.4 Å². The molecular weight excluding hydrogens is 494 g/mol. The van der Waals surface area contributed by atoms with Gasteiger partial charge >= 0.3 is 0 Å². The van der Waals surface area contributed by atoms with E-state index in [-0.39, 0.29) is 11.9 Å². The van der Waals surface area contributed by atoms with Crippen molar-refractivity contribution in [2.24, 2.45) is 11.7 Å². The zero-order valence-corrected chi connectivity index (χ0v) is 23.0. The van der Waals surface area contributed by atoms with Gasteiger partial charge in [-0.3, -0.25) is 4.79 Å². The molecule has 40 heavy (non-hydrogen) atoms. The van der Waals surface area contributed by atoms with Crippen LogP contribution in [0, 0.1) is 19.8 Å². The van der Waals surface area contributed by atoms with E-state index in [0.717, 1.165) is 40.7 Å². The number of anilines is 1. The Balaban J connectivity index is 1.29. The summed E-state index contributed by atoms with van der Waals surface area (Å²) in [5.74, 6) is 0.536. The Morgan fingerprint density at radius 2 is 1.70 bits per heavy atom. The smallest absolute Gasteiger partial charge is 0.274 e. The number of nitrogens with two attached hydrogens (primary N) is 1. The molecule has 6 rings (SSSR count). The molecule has 6 nitrogen and oxygen atoms in total. The van der Waals surface area contributed by atoms with Crippen LogP contribution >= 0.6 is 0 Å². The van der Waals surface area contributed by atoms with E-state index in [9.17, 15) is 4.79 Å². The maximum Gasteiger partial charge on any atom is 0.274 e. The van der Waals surface area contributed by atoms with Crippen molar-refractivity contribution in [2.45, 2.75) is 39.3 Å². The summed E-state index contributed by atoms with van der Waals surface area (Å²) in [7, 11) is 0. The van der Waals surface area contributed by atoms with Crippen LogP contribution in [-0.2, 0) is 6.54 Å². The molecule has 1 atom stereocenters. The number of rotatable bonds is 9. The Hall–Kier alpha value is -4.26. The van der Waals surface area contributed by atoms with Crippen LogP contribution in [0.4, 0.5) is 5.69 Å². The summed E-state index contributed by atoms with van der Waals surface area (Å²) in [4.78, 5) is 13.5. The predicted octanol–water partition coefficient (Wildman–Crippen LogP) is 6.44. The highest BCUT2D eigenvalue weighted by Crippen LogP contribution is 2.32. The number of nitrogens with one attached hydrogen (secondary N) is 2. The summed E-state index contributed by atoms with van der Waals surface area (Å²) >= 11 is 0. The lowest BCUT2D eigenvalue weighted by Crippen LogP contribution is -2.25. The molecule has 1 aliphatic rings. The van der Waals surface area contributed by atoms with Crippen molar-refractivity contribution in [3.63, 3.8) is 0 Å². The number of hydrogen-bond acceptors (Lipinski definition) is 4. The van der Waals surface area contributed by atoms with Gasteiger partial charge in [0, 0.05) is 12.2 Å². The lowest BCUT2D eigenvalue weighted by molar-refractivity contribution is 0.101. The van der Waals surface area contributed by atoms with Gasteiger partial charge in [-0.25, -0.2) is 4.68 Å². The summed E-state index contributed by atoms with van der Waals surface area (Å²) in [5, 5.41) is 14.0. The van der Waals surface area contributed by atoms with E-state index in [1.165, 1.54) is 34.7 Å². The van der Waals surface area contributed by atoms with Crippen LogP contribution in [0.1, 0.15) is 57.3 Å². The van der Waals surface area contributed by atoms with E-state index in [1.807, 2.05) is 49.4 Å². The van der Waals surface area contributed by atoms with Gasteiger partial charge in [-0.1, -0.05) is 60.2 Å². The van der Waals surface area contributed by atoms with Crippen molar-refractivity contribution in [3.8, 4) is 5.69 Å². The number of carbonyl (C=O) groups is 1. The molecule has 0 saturated heterocycles. The van der Waals surface area contributed by atoms with Gasteiger partial charge < -0.3 is 16.4 Å². The Labute approximate surface area is 235 Å². The molecule has 0 spiro atoms. The number of nitrogens with zero attached hydrogens (tertiary/aromatic N) is 2. The van der Waals surface area contributed by atoms with Crippen LogP contribution in [0.3, 0.4) is 0 Å². The first-order chi connectivity index (χ1) is 19.5. The van der Waals surface area contributed by atoms with E-state index < -0.39 is 0 Å². The van der Waals surface area contributed by atoms with Crippen molar-refractivity contribution in [2.75, 3.05) is 11.9 Å². The third kappa shape index (κ3) is 5.69. The number of fused-ring (bicyclic) bond motifs is 1. The van der Waals surface area contributed by atoms with Crippen LogP contribution in [0.2, 0.25) is 0 Å². The molecule has 6 heteroatoms. The summed E-state index contributed by atoms with van der Waals surface area (Å²) in [6, 6.07) is 31.1. The fourth-order valence-corrected chi connectivity index (χ4v) is 5.26. The second kappa shape index (κ2) is 11.1. The number of aryl methyl sites for hydroxylation is 2. The van der Waals surface area contributed by atoms with E-state index >= 15 is 0 Å².